The van der Waals surface area contributed by atoms with Gasteiger partial charge in [0.1, 0.15) is 11.5 Å². The van der Waals surface area contributed by atoms with Gasteiger partial charge in [-0.1, -0.05) is 103 Å². The SMILES string of the molecule is O=C1C2=C(OC3=C(C(=O)c4cccc5cccc3c45)C2c2ccccc2)c2cccc3cccc1c23. The number of carbonyl (C=O) groups is 2. The number of ether oxygens (including phenoxy) is 1. The molecular formula is C33H18O3. The summed E-state index contributed by atoms with van der Waals surface area (Å²) in [6.07, 6.45) is 0. The quantitative estimate of drug-likeness (QED) is 0.262. The molecule has 3 aliphatic rings. The lowest BCUT2D eigenvalue weighted by Gasteiger charge is -2.37. The van der Waals surface area contributed by atoms with Gasteiger partial charge in [-0.2, -0.15) is 0 Å². The van der Waals surface area contributed by atoms with Gasteiger partial charge in [0.2, 0.25) is 0 Å². The summed E-state index contributed by atoms with van der Waals surface area (Å²) in [4.78, 5) is 28.3. The van der Waals surface area contributed by atoms with E-state index in [4.69, 9.17) is 4.74 Å². The van der Waals surface area contributed by atoms with Crippen LogP contribution in [-0.4, -0.2) is 11.6 Å². The van der Waals surface area contributed by atoms with Gasteiger partial charge in [-0.3, -0.25) is 9.59 Å². The molecule has 1 aliphatic heterocycles. The van der Waals surface area contributed by atoms with E-state index >= 15 is 0 Å². The van der Waals surface area contributed by atoms with Crippen LogP contribution >= 0.6 is 0 Å². The highest BCUT2D eigenvalue weighted by Crippen LogP contribution is 2.54. The minimum absolute atomic E-state index is 0.0837. The molecule has 0 saturated carbocycles. The molecule has 0 radical (unpaired) electrons. The Labute approximate surface area is 207 Å². The van der Waals surface area contributed by atoms with Crippen LogP contribution < -0.4 is 0 Å². The van der Waals surface area contributed by atoms with E-state index in [1.54, 1.807) is 0 Å². The number of fused-ring (bicyclic) bond motifs is 2. The van der Waals surface area contributed by atoms with Crippen LogP contribution in [0.1, 0.15) is 43.3 Å². The van der Waals surface area contributed by atoms with Gasteiger partial charge < -0.3 is 4.74 Å². The Bertz CT molecular complexity index is 1760. The molecule has 1 heterocycles. The fraction of sp³-hybridized carbons (Fsp3) is 0.0303. The number of benzene rings is 5. The predicted octanol–water partition coefficient (Wildman–Crippen LogP) is 7.32. The van der Waals surface area contributed by atoms with Crippen molar-refractivity contribution in [3.63, 3.8) is 0 Å². The van der Waals surface area contributed by atoms with Gasteiger partial charge in [0.25, 0.3) is 0 Å². The molecule has 0 unspecified atom stereocenters. The highest BCUT2D eigenvalue weighted by Gasteiger charge is 2.45. The number of allylic oxidation sites excluding steroid dienone is 2. The van der Waals surface area contributed by atoms with Crippen molar-refractivity contribution >= 4 is 44.6 Å². The highest BCUT2D eigenvalue weighted by molar-refractivity contribution is 6.30. The number of ketones is 2. The van der Waals surface area contributed by atoms with Crippen molar-refractivity contribution in [3.05, 3.63) is 142 Å². The summed E-state index contributed by atoms with van der Waals surface area (Å²) in [6.45, 7) is 0. The van der Waals surface area contributed by atoms with Crippen LogP contribution in [0.2, 0.25) is 0 Å². The van der Waals surface area contributed by atoms with Gasteiger partial charge in [-0.15, -0.1) is 0 Å². The monoisotopic (exact) mass is 462 g/mol. The first kappa shape index (κ1) is 19.5. The first-order valence-electron chi connectivity index (χ1n) is 12.1. The van der Waals surface area contributed by atoms with E-state index in [9.17, 15) is 9.59 Å². The number of hydrogen-bond donors (Lipinski definition) is 0. The maximum Gasteiger partial charge on any atom is 0.194 e. The Morgan fingerprint density at radius 3 is 1.39 bits per heavy atom. The first-order valence-corrected chi connectivity index (χ1v) is 12.1. The zero-order valence-corrected chi connectivity index (χ0v) is 19.1. The van der Waals surface area contributed by atoms with Crippen LogP contribution in [0.5, 0.6) is 0 Å². The minimum Gasteiger partial charge on any atom is -0.455 e. The topological polar surface area (TPSA) is 43.4 Å². The van der Waals surface area contributed by atoms with E-state index in [0.29, 0.717) is 33.8 Å². The largest absolute Gasteiger partial charge is 0.455 e. The smallest absolute Gasteiger partial charge is 0.194 e. The molecule has 168 valence electrons. The standard InChI is InChI=1S/C33H18O3/c34-30-21-14-4-10-18-12-6-16-23(25(18)21)32-28(30)27(20-8-2-1-3-9-20)29-31(35)22-15-5-11-19-13-7-17-24(26(19)22)33(29)36-32/h1-17,27H. The molecule has 5 aromatic rings. The molecule has 0 spiro atoms. The average Bonchev–Trinajstić information content (AvgIpc) is 2.93. The number of rotatable bonds is 1. The van der Waals surface area contributed by atoms with Crippen LogP contribution in [0.3, 0.4) is 0 Å². The number of Topliss-reactive ketones (excluding diaryl/α,β-unsaturated/α-hetero) is 2. The van der Waals surface area contributed by atoms with Crippen LogP contribution in [-0.2, 0) is 4.74 Å². The van der Waals surface area contributed by atoms with Crippen molar-refractivity contribution in [2.45, 2.75) is 5.92 Å². The molecule has 0 fully saturated rings. The van der Waals surface area contributed by atoms with Crippen LogP contribution in [0.25, 0.3) is 33.1 Å². The summed E-state index contributed by atoms with van der Waals surface area (Å²) < 4.78 is 6.70. The van der Waals surface area contributed by atoms with Crippen molar-refractivity contribution in [1.29, 1.82) is 0 Å². The first-order chi connectivity index (χ1) is 17.7. The van der Waals surface area contributed by atoms with Gasteiger partial charge in [-0.25, -0.2) is 0 Å². The summed E-state index contributed by atoms with van der Waals surface area (Å²) in [5.41, 5.74) is 5.06. The third-order valence-electron chi connectivity index (χ3n) is 7.68. The zero-order chi connectivity index (χ0) is 24.0. The Balaban J connectivity index is 1.50. The predicted molar refractivity (Wildman–Crippen MR) is 141 cm³/mol. The number of carbonyl (C=O) groups excluding carboxylic acids is 2. The van der Waals surface area contributed by atoms with Gasteiger partial charge in [0.05, 0.1) is 11.1 Å². The molecule has 0 bridgehead atoms. The van der Waals surface area contributed by atoms with E-state index in [1.165, 1.54) is 0 Å². The van der Waals surface area contributed by atoms with Crippen molar-refractivity contribution in [2.75, 3.05) is 0 Å². The molecule has 2 aliphatic carbocycles. The minimum atomic E-state index is -0.530. The van der Waals surface area contributed by atoms with E-state index in [-0.39, 0.29) is 11.6 Å². The molecule has 5 aromatic carbocycles. The Kier molecular flexibility index (Phi) is 3.74. The molecular weight excluding hydrogens is 444 g/mol. The average molecular weight is 463 g/mol. The van der Waals surface area contributed by atoms with Gasteiger partial charge in [0, 0.05) is 38.9 Å². The van der Waals surface area contributed by atoms with Gasteiger partial charge in [0.15, 0.2) is 11.6 Å². The van der Waals surface area contributed by atoms with Crippen molar-refractivity contribution < 1.29 is 14.3 Å². The summed E-state index contributed by atoms with van der Waals surface area (Å²) in [7, 11) is 0. The van der Waals surface area contributed by atoms with Crippen LogP contribution in [0.15, 0.2) is 114 Å². The van der Waals surface area contributed by atoms with E-state index in [1.807, 2.05) is 103 Å². The van der Waals surface area contributed by atoms with Crippen LogP contribution in [0, 0.1) is 0 Å². The molecule has 0 saturated heterocycles. The Morgan fingerprint density at radius 2 is 0.917 bits per heavy atom. The van der Waals surface area contributed by atoms with E-state index in [0.717, 1.165) is 38.2 Å². The van der Waals surface area contributed by atoms with Gasteiger partial charge in [-0.05, 0) is 16.3 Å². The lowest BCUT2D eigenvalue weighted by molar-refractivity contribution is 0.101. The van der Waals surface area contributed by atoms with Gasteiger partial charge >= 0.3 is 0 Å². The fourth-order valence-electron chi connectivity index (χ4n) is 6.19. The molecule has 8 rings (SSSR count). The maximum absolute atomic E-state index is 14.2. The zero-order valence-electron chi connectivity index (χ0n) is 19.1. The van der Waals surface area contributed by atoms with Crippen molar-refractivity contribution in [1.82, 2.24) is 0 Å². The molecule has 0 aromatic heterocycles. The molecule has 3 nitrogen and oxygen atoms in total. The maximum atomic E-state index is 14.2. The Hall–Kier alpha value is -4.76. The lowest BCUT2D eigenvalue weighted by atomic mass is 9.70. The number of hydrogen-bond acceptors (Lipinski definition) is 3. The highest BCUT2D eigenvalue weighted by atomic mass is 16.5. The second-order valence-corrected chi connectivity index (χ2v) is 9.51. The summed E-state index contributed by atoms with van der Waals surface area (Å²) in [5, 5.41) is 3.80. The second kappa shape index (κ2) is 6.89. The summed E-state index contributed by atoms with van der Waals surface area (Å²) >= 11 is 0. The Morgan fingerprint density at radius 1 is 0.472 bits per heavy atom. The van der Waals surface area contributed by atoms with E-state index < -0.39 is 5.92 Å². The second-order valence-electron chi connectivity index (χ2n) is 9.51. The van der Waals surface area contributed by atoms with Crippen molar-refractivity contribution in [3.8, 4) is 0 Å². The van der Waals surface area contributed by atoms with Crippen LogP contribution in [0.4, 0.5) is 0 Å². The molecule has 0 amide bonds. The molecule has 0 atom stereocenters. The van der Waals surface area contributed by atoms with Crippen molar-refractivity contribution in [2.24, 2.45) is 0 Å². The molecule has 0 N–H and O–H groups in total. The molecule has 36 heavy (non-hydrogen) atoms. The third-order valence-corrected chi connectivity index (χ3v) is 7.68. The molecule has 3 heteroatoms. The third kappa shape index (κ3) is 2.37. The fourth-order valence-corrected chi connectivity index (χ4v) is 6.19. The summed E-state index contributed by atoms with van der Waals surface area (Å²) in [6, 6.07) is 33.5. The lowest BCUT2D eigenvalue weighted by Crippen LogP contribution is -2.29. The van der Waals surface area contributed by atoms with E-state index in [2.05, 4.69) is 0 Å². The normalized spacial score (nSPS) is 16.3. The summed E-state index contributed by atoms with van der Waals surface area (Å²) in [5.74, 6) is 0.415.